The first kappa shape index (κ1) is 21.4. The normalized spacial score (nSPS) is 16.3. The highest BCUT2D eigenvalue weighted by Crippen LogP contribution is 2.27. The molecular weight excluding hydrogens is 398 g/mol. The summed E-state index contributed by atoms with van der Waals surface area (Å²) in [5, 5.41) is 0. The summed E-state index contributed by atoms with van der Waals surface area (Å²) in [6, 6.07) is 11.5. The van der Waals surface area contributed by atoms with Gasteiger partial charge in [0.05, 0.1) is 18.9 Å². The van der Waals surface area contributed by atoms with Gasteiger partial charge in [-0.2, -0.15) is 0 Å². The van der Waals surface area contributed by atoms with Gasteiger partial charge in [-0.1, -0.05) is 36.8 Å². The molecular formula is C27H25N3O2. The predicted octanol–water partition coefficient (Wildman–Crippen LogP) is 4.24. The Hall–Kier alpha value is -3.88. The van der Waals surface area contributed by atoms with Crippen molar-refractivity contribution in [1.82, 2.24) is 14.8 Å². The smallest absolute Gasteiger partial charge is 0.254 e. The van der Waals surface area contributed by atoms with Crippen LogP contribution in [0.2, 0.25) is 0 Å². The summed E-state index contributed by atoms with van der Waals surface area (Å²) in [5.41, 5.74) is 5.32. The summed E-state index contributed by atoms with van der Waals surface area (Å²) < 4.78 is 5.34. The first-order valence-corrected chi connectivity index (χ1v) is 10.6. The maximum atomic E-state index is 12.7. The fraction of sp³-hybridized carbons (Fsp3) is 0.185. The molecule has 5 nitrogen and oxygen atoms in total. The van der Waals surface area contributed by atoms with Gasteiger partial charge in [0.2, 0.25) is 0 Å². The maximum absolute atomic E-state index is 12.7. The number of carbonyl (C=O) groups excluding carboxylic acids is 1. The highest BCUT2D eigenvalue weighted by atomic mass is 16.5. The van der Waals surface area contributed by atoms with Gasteiger partial charge in [-0.05, 0) is 54.3 Å². The van der Waals surface area contributed by atoms with Crippen LogP contribution in [0, 0.1) is 11.8 Å². The van der Waals surface area contributed by atoms with Gasteiger partial charge in [0, 0.05) is 48.5 Å². The second-order valence-electron chi connectivity index (χ2n) is 7.42. The molecule has 160 valence electrons. The van der Waals surface area contributed by atoms with E-state index in [-0.39, 0.29) is 5.91 Å². The molecule has 0 bridgehead atoms. The average molecular weight is 424 g/mol. The Bertz CT molecular complexity index is 1140. The van der Waals surface area contributed by atoms with Gasteiger partial charge in [-0.15, -0.1) is 0 Å². The summed E-state index contributed by atoms with van der Waals surface area (Å²) >= 11 is 0. The number of rotatable bonds is 3. The van der Waals surface area contributed by atoms with Crippen molar-refractivity contribution in [3.63, 3.8) is 0 Å². The minimum Gasteiger partial charge on any atom is -0.378 e. The van der Waals surface area contributed by atoms with Crippen molar-refractivity contribution in [3.05, 3.63) is 108 Å². The number of hydrogen-bond acceptors (Lipinski definition) is 4. The van der Waals surface area contributed by atoms with Crippen molar-refractivity contribution in [1.29, 1.82) is 0 Å². The highest BCUT2D eigenvalue weighted by Gasteiger charge is 2.19. The van der Waals surface area contributed by atoms with Crippen LogP contribution in [-0.4, -0.2) is 47.0 Å². The van der Waals surface area contributed by atoms with E-state index in [1.807, 2.05) is 77.5 Å². The molecule has 1 amide bonds. The zero-order valence-electron chi connectivity index (χ0n) is 18.1. The fourth-order valence-corrected chi connectivity index (χ4v) is 3.52. The third kappa shape index (κ3) is 4.88. The highest BCUT2D eigenvalue weighted by molar-refractivity contribution is 5.94. The van der Waals surface area contributed by atoms with E-state index < -0.39 is 0 Å². The fourth-order valence-electron chi connectivity index (χ4n) is 3.52. The van der Waals surface area contributed by atoms with Crippen LogP contribution in [0.5, 0.6) is 0 Å². The van der Waals surface area contributed by atoms with Crippen molar-refractivity contribution in [2.75, 3.05) is 26.3 Å². The lowest BCUT2D eigenvalue weighted by Crippen LogP contribution is -2.40. The largest absolute Gasteiger partial charge is 0.378 e. The zero-order chi connectivity index (χ0) is 22.3. The summed E-state index contributed by atoms with van der Waals surface area (Å²) in [4.78, 5) is 20.5. The molecule has 1 aromatic heterocycles. The van der Waals surface area contributed by atoms with Gasteiger partial charge in [-0.3, -0.25) is 9.78 Å². The summed E-state index contributed by atoms with van der Waals surface area (Å²) in [5.74, 6) is 6.45. The van der Waals surface area contributed by atoms with Gasteiger partial charge in [-0.25, -0.2) is 0 Å². The third-order valence-corrected chi connectivity index (χ3v) is 5.34. The molecule has 4 rings (SSSR count). The summed E-state index contributed by atoms with van der Waals surface area (Å²) in [7, 11) is 0. The second kappa shape index (κ2) is 9.95. The minimum atomic E-state index is 0.0469. The van der Waals surface area contributed by atoms with Gasteiger partial charge in [0.15, 0.2) is 0 Å². The molecule has 5 heteroatoms. The molecule has 2 aromatic rings. The summed E-state index contributed by atoms with van der Waals surface area (Å²) in [6.07, 6.45) is 11.5. The molecule has 3 heterocycles. The first-order valence-electron chi connectivity index (χ1n) is 10.6. The van der Waals surface area contributed by atoms with Gasteiger partial charge < -0.3 is 14.5 Å². The molecule has 0 radical (unpaired) electrons. The number of benzene rings is 1. The molecule has 32 heavy (non-hydrogen) atoms. The van der Waals surface area contributed by atoms with E-state index in [9.17, 15) is 4.79 Å². The Morgan fingerprint density at radius 1 is 1.09 bits per heavy atom. The first-order chi connectivity index (χ1) is 15.7. The molecule has 2 aliphatic heterocycles. The van der Waals surface area contributed by atoms with Crippen LogP contribution in [0.3, 0.4) is 0 Å². The molecule has 0 saturated carbocycles. The predicted molar refractivity (Wildman–Crippen MR) is 126 cm³/mol. The quantitative estimate of drug-likeness (QED) is 0.693. The molecule has 0 aliphatic carbocycles. The Morgan fingerprint density at radius 3 is 2.50 bits per heavy atom. The lowest BCUT2D eigenvalue weighted by atomic mass is 10.0. The average Bonchev–Trinajstić information content (AvgIpc) is 2.86. The van der Waals surface area contributed by atoms with E-state index >= 15 is 0 Å². The van der Waals surface area contributed by atoms with E-state index in [0.717, 1.165) is 28.1 Å². The van der Waals surface area contributed by atoms with Crippen LogP contribution >= 0.6 is 0 Å². The zero-order valence-corrected chi connectivity index (χ0v) is 18.1. The van der Waals surface area contributed by atoms with E-state index in [1.54, 1.807) is 12.4 Å². The number of morpholine rings is 1. The maximum Gasteiger partial charge on any atom is 0.254 e. The van der Waals surface area contributed by atoms with Crippen LogP contribution < -0.4 is 0 Å². The van der Waals surface area contributed by atoms with Crippen LogP contribution in [0.1, 0.15) is 28.4 Å². The van der Waals surface area contributed by atoms with Crippen molar-refractivity contribution in [3.8, 4) is 11.8 Å². The second-order valence-corrected chi connectivity index (χ2v) is 7.42. The molecule has 1 aromatic carbocycles. The number of pyridine rings is 1. The van der Waals surface area contributed by atoms with E-state index in [1.165, 1.54) is 0 Å². The van der Waals surface area contributed by atoms with E-state index in [2.05, 4.69) is 23.4 Å². The molecule has 0 spiro atoms. The van der Waals surface area contributed by atoms with Crippen molar-refractivity contribution < 1.29 is 9.53 Å². The molecule has 0 unspecified atom stereocenters. The lowest BCUT2D eigenvalue weighted by Gasteiger charge is -2.27. The SMILES string of the molecule is C=C1C=CC(c2ccc(C(=O)N3CCOCC3)cc2)=CN1/C(C#Cc1ccncc1)=C\C. The minimum absolute atomic E-state index is 0.0469. The molecule has 1 saturated heterocycles. The number of amides is 1. The van der Waals surface area contributed by atoms with Crippen molar-refractivity contribution >= 4 is 11.5 Å². The lowest BCUT2D eigenvalue weighted by molar-refractivity contribution is 0.0303. The van der Waals surface area contributed by atoms with E-state index in [4.69, 9.17) is 4.74 Å². The van der Waals surface area contributed by atoms with Gasteiger partial charge in [0.1, 0.15) is 0 Å². The molecule has 0 N–H and O–H groups in total. The standard InChI is InChI=1S/C27H25N3O2/c1-3-26(11-5-22-12-14-28-15-13-22)30-20-25(6-4-21(30)2)23-7-9-24(10-8-23)27(31)29-16-18-32-19-17-29/h3-4,6-10,12-15,20H,2,16-19H2,1H3/b26-3-. The summed E-state index contributed by atoms with van der Waals surface area (Å²) in [6.45, 7) is 8.58. The number of aromatic nitrogens is 1. The number of hydrogen-bond donors (Lipinski definition) is 0. The number of carbonyl (C=O) groups is 1. The third-order valence-electron chi connectivity index (χ3n) is 5.34. The molecule has 1 fully saturated rings. The Morgan fingerprint density at radius 2 is 1.81 bits per heavy atom. The van der Waals surface area contributed by atoms with Crippen LogP contribution in [0.25, 0.3) is 5.57 Å². The van der Waals surface area contributed by atoms with Crippen LogP contribution in [-0.2, 0) is 4.74 Å². The molecule has 0 atom stereocenters. The topological polar surface area (TPSA) is 45.7 Å². The van der Waals surface area contributed by atoms with E-state index in [0.29, 0.717) is 31.9 Å². The molecule has 2 aliphatic rings. The number of ether oxygens (including phenoxy) is 1. The number of allylic oxidation sites excluding steroid dienone is 5. The Balaban J connectivity index is 1.54. The monoisotopic (exact) mass is 423 g/mol. The van der Waals surface area contributed by atoms with Crippen molar-refractivity contribution in [2.24, 2.45) is 0 Å². The van der Waals surface area contributed by atoms with Crippen molar-refractivity contribution in [2.45, 2.75) is 6.92 Å². The van der Waals surface area contributed by atoms with Crippen LogP contribution in [0.15, 0.2) is 91.2 Å². The number of nitrogens with zero attached hydrogens (tertiary/aromatic N) is 3. The van der Waals surface area contributed by atoms with Gasteiger partial charge in [0.25, 0.3) is 5.91 Å². The Kier molecular flexibility index (Phi) is 6.64. The Labute approximate surface area is 189 Å². The van der Waals surface area contributed by atoms with Gasteiger partial charge >= 0.3 is 0 Å². The van der Waals surface area contributed by atoms with Crippen LogP contribution in [0.4, 0.5) is 0 Å².